The van der Waals surface area contributed by atoms with Crippen molar-refractivity contribution in [3.05, 3.63) is 0 Å². The highest BCUT2D eigenvalue weighted by molar-refractivity contribution is 4.91. The first-order valence-electron chi connectivity index (χ1n) is 5.42. The third kappa shape index (κ3) is 2.23. The fraction of sp³-hybridized carbons (Fsp3) is 1.00. The van der Waals surface area contributed by atoms with E-state index >= 15 is 0 Å². The fourth-order valence-corrected chi connectivity index (χ4v) is 2.44. The number of nitrogens with zero attached hydrogens (tertiary/aromatic N) is 1. The Morgan fingerprint density at radius 3 is 2.62 bits per heavy atom. The van der Waals surface area contributed by atoms with Gasteiger partial charge in [0.1, 0.15) is 0 Å². The van der Waals surface area contributed by atoms with E-state index in [0.29, 0.717) is 0 Å². The predicted octanol–water partition coefficient (Wildman–Crippen LogP) is 1.90. The molecule has 2 rings (SSSR count). The maximum atomic E-state index is 5.82. The SMILES string of the molecule is CC(C)(C)OC[C@@H]1CC2CCN1C2. The highest BCUT2D eigenvalue weighted by atomic mass is 16.5. The molecule has 2 fully saturated rings. The predicted molar refractivity (Wildman–Crippen MR) is 53.8 cm³/mol. The lowest BCUT2D eigenvalue weighted by Crippen LogP contribution is -2.36. The zero-order valence-corrected chi connectivity index (χ0v) is 9.05. The smallest absolute Gasteiger partial charge is 0.0629 e. The average molecular weight is 183 g/mol. The molecule has 0 saturated carbocycles. The van der Waals surface area contributed by atoms with Gasteiger partial charge in [-0.1, -0.05) is 0 Å². The van der Waals surface area contributed by atoms with E-state index < -0.39 is 0 Å². The number of rotatable bonds is 2. The van der Waals surface area contributed by atoms with Gasteiger partial charge in [-0.25, -0.2) is 0 Å². The van der Waals surface area contributed by atoms with Crippen LogP contribution in [0.25, 0.3) is 0 Å². The Bertz CT molecular complexity index is 185. The van der Waals surface area contributed by atoms with Gasteiger partial charge in [-0.3, -0.25) is 4.90 Å². The number of ether oxygens (including phenoxy) is 1. The van der Waals surface area contributed by atoms with Gasteiger partial charge >= 0.3 is 0 Å². The minimum absolute atomic E-state index is 0.0307. The first-order chi connectivity index (χ1) is 6.04. The van der Waals surface area contributed by atoms with Crippen LogP contribution in [0.4, 0.5) is 0 Å². The second-order valence-corrected chi connectivity index (χ2v) is 5.46. The molecule has 2 aliphatic rings. The minimum atomic E-state index is 0.0307. The van der Waals surface area contributed by atoms with E-state index in [0.717, 1.165) is 18.6 Å². The van der Waals surface area contributed by atoms with E-state index in [1.807, 2.05) is 0 Å². The Kier molecular flexibility index (Phi) is 2.37. The van der Waals surface area contributed by atoms with Gasteiger partial charge in [0, 0.05) is 12.6 Å². The van der Waals surface area contributed by atoms with Crippen LogP contribution in [0.2, 0.25) is 0 Å². The van der Waals surface area contributed by atoms with Crippen molar-refractivity contribution in [2.75, 3.05) is 19.7 Å². The van der Waals surface area contributed by atoms with Gasteiger partial charge < -0.3 is 4.74 Å². The van der Waals surface area contributed by atoms with E-state index in [9.17, 15) is 0 Å². The molecule has 0 N–H and O–H groups in total. The molecule has 0 amide bonds. The Morgan fingerprint density at radius 1 is 1.38 bits per heavy atom. The summed E-state index contributed by atoms with van der Waals surface area (Å²) in [4.78, 5) is 2.59. The van der Waals surface area contributed by atoms with Gasteiger partial charge in [-0.05, 0) is 46.1 Å². The molecular formula is C11H21NO. The van der Waals surface area contributed by atoms with Crippen molar-refractivity contribution in [1.29, 1.82) is 0 Å². The van der Waals surface area contributed by atoms with Crippen LogP contribution in [0.3, 0.4) is 0 Å². The number of hydrogen-bond acceptors (Lipinski definition) is 2. The molecule has 0 aliphatic carbocycles. The van der Waals surface area contributed by atoms with Crippen LogP contribution >= 0.6 is 0 Å². The third-order valence-electron chi connectivity index (χ3n) is 3.15. The van der Waals surface area contributed by atoms with Crippen LogP contribution < -0.4 is 0 Å². The molecule has 2 heteroatoms. The van der Waals surface area contributed by atoms with Crippen molar-refractivity contribution in [2.45, 2.75) is 45.3 Å². The normalized spacial score (nSPS) is 38.5. The summed E-state index contributed by atoms with van der Waals surface area (Å²) in [6.45, 7) is 9.97. The van der Waals surface area contributed by atoms with Crippen LogP contribution in [-0.4, -0.2) is 36.2 Å². The van der Waals surface area contributed by atoms with Gasteiger partial charge in [0.05, 0.1) is 12.2 Å². The van der Waals surface area contributed by atoms with Gasteiger partial charge in [0.15, 0.2) is 0 Å². The molecule has 0 radical (unpaired) electrons. The third-order valence-corrected chi connectivity index (χ3v) is 3.15. The largest absolute Gasteiger partial charge is 0.374 e. The quantitative estimate of drug-likeness (QED) is 0.648. The zero-order chi connectivity index (χ0) is 9.47. The summed E-state index contributed by atoms with van der Waals surface area (Å²) in [6, 6.07) is 0.720. The Labute approximate surface area is 81.3 Å². The highest BCUT2D eigenvalue weighted by Gasteiger charge is 2.37. The Morgan fingerprint density at radius 2 is 2.15 bits per heavy atom. The van der Waals surface area contributed by atoms with Crippen molar-refractivity contribution in [2.24, 2.45) is 5.92 Å². The van der Waals surface area contributed by atoms with Gasteiger partial charge in [0.25, 0.3) is 0 Å². The lowest BCUT2D eigenvalue weighted by Gasteiger charge is -2.28. The maximum absolute atomic E-state index is 5.82. The monoisotopic (exact) mass is 183 g/mol. The minimum Gasteiger partial charge on any atom is -0.374 e. The summed E-state index contributed by atoms with van der Waals surface area (Å²) in [5, 5.41) is 0. The summed E-state index contributed by atoms with van der Waals surface area (Å²) < 4.78 is 5.82. The van der Waals surface area contributed by atoms with Crippen LogP contribution in [0.15, 0.2) is 0 Å². The maximum Gasteiger partial charge on any atom is 0.0629 e. The second-order valence-electron chi connectivity index (χ2n) is 5.46. The van der Waals surface area contributed by atoms with Gasteiger partial charge in [0.2, 0.25) is 0 Å². The van der Waals surface area contributed by atoms with Crippen LogP contribution in [-0.2, 0) is 4.74 Å². The molecule has 0 aromatic carbocycles. The average Bonchev–Trinajstić information content (AvgIpc) is 2.58. The molecule has 2 unspecified atom stereocenters. The van der Waals surface area contributed by atoms with E-state index in [1.165, 1.54) is 25.9 Å². The molecule has 2 bridgehead atoms. The fourth-order valence-electron chi connectivity index (χ4n) is 2.44. The molecule has 0 aromatic heterocycles. The van der Waals surface area contributed by atoms with Crippen molar-refractivity contribution >= 4 is 0 Å². The molecule has 2 nitrogen and oxygen atoms in total. The summed E-state index contributed by atoms with van der Waals surface area (Å²) in [5.41, 5.74) is 0.0307. The summed E-state index contributed by atoms with van der Waals surface area (Å²) in [7, 11) is 0. The molecule has 2 heterocycles. The van der Waals surface area contributed by atoms with Crippen molar-refractivity contribution in [3.63, 3.8) is 0 Å². The first-order valence-corrected chi connectivity index (χ1v) is 5.42. The van der Waals surface area contributed by atoms with Crippen molar-refractivity contribution in [1.82, 2.24) is 4.90 Å². The molecule has 13 heavy (non-hydrogen) atoms. The van der Waals surface area contributed by atoms with Crippen LogP contribution in [0, 0.1) is 5.92 Å². The number of piperidine rings is 1. The molecular weight excluding hydrogens is 162 g/mol. The topological polar surface area (TPSA) is 12.5 Å². The Hall–Kier alpha value is -0.0800. The standard InChI is InChI=1S/C11H21NO/c1-11(2,3)13-8-10-6-9-4-5-12(10)7-9/h9-10H,4-8H2,1-3H3/t9?,10-/m0/s1. The first kappa shape index (κ1) is 9.47. The summed E-state index contributed by atoms with van der Waals surface area (Å²) in [6.07, 6.45) is 2.79. The zero-order valence-electron chi connectivity index (χ0n) is 9.05. The van der Waals surface area contributed by atoms with Crippen LogP contribution in [0.5, 0.6) is 0 Å². The molecule has 76 valence electrons. The highest BCUT2D eigenvalue weighted by Crippen LogP contribution is 2.33. The molecule has 3 atom stereocenters. The lowest BCUT2D eigenvalue weighted by molar-refractivity contribution is -0.0295. The number of hydrogen-bond donors (Lipinski definition) is 0. The summed E-state index contributed by atoms with van der Waals surface area (Å²) in [5.74, 6) is 0.980. The van der Waals surface area contributed by atoms with E-state index in [1.54, 1.807) is 0 Å². The Balaban J connectivity index is 1.78. The number of fused-ring (bicyclic) bond motifs is 2. The van der Waals surface area contributed by atoms with E-state index in [2.05, 4.69) is 25.7 Å². The van der Waals surface area contributed by atoms with Crippen molar-refractivity contribution in [3.8, 4) is 0 Å². The molecule has 0 aromatic rings. The molecule has 2 aliphatic heterocycles. The summed E-state index contributed by atoms with van der Waals surface area (Å²) >= 11 is 0. The molecule has 2 saturated heterocycles. The lowest BCUT2D eigenvalue weighted by atomic mass is 10.0. The van der Waals surface area contributed by atoms with E-state index in [4.69, 9.17) is 4.74 Å². The van der Waals surface area contributed by atoms with Gasteiger partial charge in [-0.2, -0.15) is 0 Å². The van der Waals surface area contributed by atoms with Crippen LogP contribution in [0.1, 0.15) is 33.6 Å². The molecule has 0 spiro atoms. The van der Waals surface area contributed by atoms with E-state index in [-0.39, 0.29) is 5.60 Å². The van der Waals surface area contributed by atoms with Gasteiger partial charge in [-0.15, -0.1) is 0 Å². The second kappa shape index (κ2) is 3.25. The van der Waals surface area contributed by atoms with Crippen molar-refractivity contribution < 1.29 is 4.74 Å².